The van der Waals surface area contributed by atoms with Gasteiger partial charge in [0, 0.05) is 46.1 Å². The lowest BCUT2D eigenvalue weighted by atomic mass is 10.0. The molecule has 0 bridgehead atoms. The molecule has 0 aromatic heterocycles. The van der Waals surface area contributed by atoms with Gasteiger partial charge in [0.05, 0.1) is 4.92 Å². The number of carbonyl (C=O) groups excluding carboxylic acids is 1. The normalized spacial score (nSPS) is 13.0. The minimum absolute atomic E-state index is 0.0156. The molecule has 1 aliphatic carbocycles. The molecule has 0 spiro atoms. The van der Waals surface area contributed by atoms with E-state index >= 15 is 0 Å². The Bertz CT molecular complexity index is 1000. The van der Waals surface area contributed by atoms with Crippen LogP contribution in [0.3, 0.4) is 0 Å². The molecule has 0 saturated heterocycles. The van der Waals surface area contributed by atoms with Crippen LogP contribution in [0.5, 0.6) is 0 Å². The first kappa shape index (κ1) is 25.4. The van der Waals surface area contributed by atoms with Gasteiger partial charge in [0.1, 0.15) is 11.4 Å². The van der Waals surface area contributed by atoms with E-state index in [1.165, 1.54) is 12.1 Å². The zero-order valence-corrected chi connectivity index (χ0v) is 18.9. The molecule has 2 aromatic rings. The van der Waals surface area contributed by atoms with E-state index in [1.54, 1.807) is 26.0 Å². The van der Waals surface area contributed by atoms with E-state index in [0.717, 1.165) is 0 Å². The first-order valence-corrected chi connectivity index (χ1v) is 10.3. The lowest BCUT2D eigenvalue weighted by Gasteiger charge is -2.09. The lowest BCUT2D eigenvalue weighted by Crippen LogP contribution is -2.18. The Morgan fingerprint density at radius 2 is 1.71 bits per heavy atom. The molecule has 3 rings (SSSR count). The van der Waals surface area contributed by atoms with Crippen LogP contribution in [-0.4, -0.2) is 22.5 Å². The number of hydrogen-bond donors (Lipinski definition) is 3. The minimum Gasteiger partial charge on any atom is -0.399 e. The Kier molecular flexibility index (Phi) is 8.98. The topological polar surface area (TPSA) is 160 Å². The number of rotatable bonds is 5. The van der Waals surface area contributed by atoms with Gasteiger partial charge < -0.3 is 22.0 Å². The molecule has 0 fully saturated rings. The molecule has 0 radical (unpaired) electrons. The summed E-state index contributed by atoms with van der Waals surface area (Å²) in [6.45, 7) is 11.3. The molecule has 1 atom stereocenters. The summed E-state index contributed by atoms with van der Waals surface area (Å²) in [6, 6.07) is 6.03. The Balaban J connectivity index is 0.00000113. The van der Waals surface area contributed by atoms with Crippen LogP contribution in [0.25, 0.3) is 11.1 Å². The second kappa shape index (κ2) is 11.0. The van der Waals surface area contributed by atoms with Crippen LogP contribution in [0.2, 0.25) is 0 Å². The minimum atomic E-state index is -0.733. The number of nitro benzene ring substituents is 1. The number of nitrogens with zero attached hydrogens (tertiary/aromatic N) is 2. The number of nitro groups is 1. The summed E-state index contributed by atoms with van der Waals surface area (Å²) in [5.41, 5.74) is 20.9. The van der Waals surface area contributed by atoms with Crippen LogP contribution in [0.1, 0.15) is 59.1 Å². The number of ketones is 1. The summed E-state index contributed by atoms with van der Waals surface area (Å²) in [4.78, 5) is 27.8. The van der Waals surface area contributed by atoms with Crippen molar-refractivity contribution in [1.29, 1.82) is 0 Å². The van der Waals surface area contributed by atoms with Crippen LogP contribution < -0.4 is 17.2 Å². The van der Waals surface area contributed by atoms with Gasteiger partial charge >= 0.3 is 0 Å². The average molecular weight is 430 g/mol. The third-order valence-corrected chi connectivity index (χ3v) is 4.47. The van der Waals surface area contributed by atoms with Gasteiger partial charge in [0.2, 0.25) is 0 Å². The van der Waals surface area contributed by atoms with E-state index < -0.39 is 11.0 Å². The molecule has 168 valence electrons. The van der Waals surface area contributed by atoms with E-state index in [2.05, 4.69) is 5.16 Å². The zero-order chi connectivity index (χ0) is 23.9. The number of nitrogens with two attached hydrogens (primary N) is 3. The molecule has 6 N–H and O–H groups in total. The quantitative estimate of drug-likeness (QED) is 0.305. The molecular weight excluding hydrogens is 398 g/mol. The van der Waals surface area contributed by atoms with E-state index in [0.29, 0.717) is 45.8 Å². The number of oxime groups is 1. The Labute approximate surface area is 182 Å². The predicted octanol–water partition coefficient (Wildman–Crippen LogP) is 4.51. The largest absolute Gasteiger partial charge is 0.399 e. The van der Waals surface area contributed by atoms with Crippen molar-refractivity contribution >= 4 is 34.2 Å². The number of carbonyl (C=O) groups is 1. The van der Waals surface area contributed by atoms with Crippen molar-refractivity contribution in [3.8, 4) is 11.1 Å². The maximum Gasteiger partial charge on any atom is 0.292 e. The SMILES string of the molecule is CC.CC.CCC(=O)C(C)O/N=C1\c2cc(N)cc(N)c2-c2c1ccc([N+](=O)[O-])c2N. The Hall–Kier alpha value is -3.62. The summed E-state index contributed by atoms with van der Waals surface area (Å²) in [5.74, 6) is -0.104. The highest BCUT2D eigenvalue weighted by Gasteiger charge is 2.33. The maximum atomic E-state index is 11.8. The van der Waals surface area contributed by atoms with Crippen molar-refractivity contribution < 1.29 is 14.6 Å². The molecular formula is C22H31N5O4. The first-order valence-electron chi connectivity index (χ1n) is 10.3. The summed E-state index contributed by atoms with van der Waals surface area (Å²) in [7, 11) is 0. The third-order valence-electron chi connectivity index (χ3n) is 4.47. The molecule has 0 heterocycles. The molecule has 31 heavy (non-hydrogen) atoms. The fourth-order valence-electron chi connectivity index (χ4n) is 3.11. The number of nitrogen functional groups attached to an aromatic ring is 3. The smallest absolute Gasteiger partial charge is 0.292 e. The number of fused-ring (bicyclic) bond motifs is 3. The third kappa shape index (κ3) is 4.93. The van der Waals surface area contributed by atoms with Gasteiger partial charge in [-0.1, -0.05) is 39.8 Å². The highest BCUT2D eigenvalue weighted by Crippen LogP contribution is 2.47. The highest BCUT2D eigenvalue weighted by molar-refractivity contribution is 6.28. The standard InChI is InChI=1S/C18H19N5O4.2C2H6/c1-3-14(24)8(2)27-22-18-10-4-5-13(23(25)26)17(21)16(10)15-11(18)6-9(19)7-12(15)20;2*1-2/h4-8H,3,19-21H2,1-2H3;2*1-2H3/b22-18-;;. The van der Waals surface area contributed by atoms with Crippen molar-refractivity contribution in [2.75, 3.05) is 17.2 Å². The molecule has 1 unspecified atom stereocenters. The van der Waals surface area contributed by atoms with E-state index in [-0.39, 0.29) is 17.2 Å². The maximum absolute atomic E-state index is 11.8. The van der Waals surface area contributed by atoms with Crippen LogP contribution in [-0.2, 0) is 9.63 Å². The van der Waals surface area contributed by atoms with Crippen LogP contribution in [0, 0.1) is 10.1 Å². The van der Waals surface area contributed by atoms with Gasteiger partial charge in [0.15, 0.2) is 11.9 Å². The van der Waals surface area contributed by atoms with E-state index in [4.69, 9.17) is 22.0 Å². The fourth-order valence-corrected chi connectivity index (χ4v) is 3.11. The Morgan fingerprint density at radius 1 is 1.10 bits per heavy atom. The predicted molar refractivity (Wildman–Crippen MR) is 126 cm³/mol. The Morgan fingerprint density at radius 3 is 2.26 bits per heavy atom. The molecule has 0 aliphatic heterocycles. The molecule has 1 aliphatic rings. The fraction of sp³-hybridized carbons (Fsp3) is 0.364. The summed E-state index contributed by atoms with van der Waals surface area (Å²) < 4.78 is 0. The van der Waals surface area contributed by atoms with Gasteiger partial charge in [-0.2, -0.15) is 0 Å². The number of Topliss-reactive ketones (excluding diaryl/α,β-unsaturated/α-hetero) is 1. The van der Waals surface area contributed by atoms with Crippen LogP contribution in [0.15, 0.2) is 29.4 Å². The van der Waals surface area contributed by atoms with Crippen molar-refractivity contribution in [2.45, 2.75) is 54.1 Å². The number of benzene rings is 2. The van der Waals surface area contributed by atoms with Gasteiger partial charge in [0.25, 0.3) is 5.69 Å². The molecule has 0 saturated carbocycles. The van der Waals surface area contributed by atoms with Crippen molar-refractivity contribution in [3.05, 3.63) is 45.5 Å². The van der Waals surface area contributed by atoms with Crippen molar-refractivity contribution in [3.63, 3.8) is 0 Å². The van der Waals surface area contributed by atoms with Crippen LogP contribution in [0.4, 0.5) is 22.7 Å². The van der Waals surface area contributed by atoms with Gasteiger partial charge in [-0.15, -0.1) is 0 Å². The average Bonchev–Trinajstić information content (AvgIpc) is 3.08. The zero-order valence-electron chi connectivity index (χ0n) is 18.9. The second-order valence-corrected chi connectivity index (χ2v) is 6.22. The molecule has 2 aromatic carbocycles. The second-order valence-electron chi connectivity index (χ2n) is 6.22. The van der Waals surface area contributed by atoms with Crippen molar-refractivity contribution in [1.82, 2.24) is 0 Å². The summed E-state index contributed by atoms with van der Waals surface area (Å²) in [6.07, 6.45) is -0.415. The van der Waals surface area contributed by atoms with E-state index in [1.807, 2.05) is 27.7 Å². The number of anilines is 3. The molecule has 9 heteroatoms. The summed E-state index contributed by atoms with van der Waals surface area (Å²) in [5, 5.41) is 15.4. The van der Waals surface area contributed by atoms with Crippen molar-refractivity contribution in [2.24, 2.45) is 5.16 Å². The lowest BCUT2D eigenvalue weighted by molar-refractivity contribution is -0.383. The monoisotopic (exact) mass is 429 g/mol. The van der Waals surface area contributed by atoms with Gasteiger partial charge in [-0.05, 0) is 25.1 Å². The first-order chi connectivity index (χ1) is 14.8. The highest BCUT2D eigenvalue weighted by atomic mass is 16.6. The van der Waals surface area contributed by atoms with E-state index in [9.17, 15) is 14.9 Å². The number of hydrogen-bond acceptors (Lipinski definition) is 8. The summed E-state index contributed by atoms with van der Waals surface area (Å²) >= 11 is 0. The van der Waals surface area contributed by atoms with Crippen LogP contribution >= 0.6 is 0 Å². The molecule has 9 nitrogen and oxygen atoms in total. The molecule has 0 amide bonds. The van der Waals surface area contributed by atoms with Gasteiger partial charge in [-0.3, -0.25) is 14.9 Å². The van der Waals surface area contributed by atoms with Gasteiger partial charge in [-0.25, -0.2) is 0 Å².